The maximum Gasteiger partial charge on any atom is 0.274 e. The minimum Gasteiger partial charge on any atom is -0.497 e. The monoisotopic (exact) mass is 377 g/mol. The van der Waals surface area contributed by atoms with E-state index in [1.807, 2.05) is 36.7 Å². The first kappa shape index (κ1) is 18.1. The van der Waals surface area contributed by atoms with Crippen molar-refractivity contribution in [1.29, 1.82) is 0 Å². The van der Waals surface area contributed by atoms with Crippen LogP contribution >= 0.6 is 0 Å². The van der Waals surface area contributed by atoms with E-state index in [1.165, 1.54) is 0 Å². The molecule has 1 aliphatic rings. The van der Waals surface area contributed by atoms with Crippen LogP contribution in [0, 0.1) is 6.92 Å². The first-order valence-electron chi connectivity index (χ1n) is 9.34. The fraction of sp³-hybridized carbons (Fsp3) is 0.273. The van der Waals surface area contributed by atoms with Gasteiger partial charge in [-0.05, 0) is 49.7 Å². The zero-order chi connectivity index (χ0) is 19.8. The number of carbonyl (C=O) groups excluding carboxylic acids is 2. The Morgan fingerprint density at radius 2 is 1.89 bits per heavy atom. The van der Waals surface area contributed by atoms with E-state index < -0.39 is 0 Å². The number of hydrogen-bond donors (Lipinski definition) is 1. The summed E-state index contributed by atoms with van der Waals surface area (Å²) in [5.41, 5.74) is 3.89. The van der Waals surface area contributed by atoms with Gasteiger partial charge >= 0.3 is 0 Å². The van der Waals surface area contributed by atoms with Gasteiger partial charge in [-0.1, -0.05) is 11.6 Å². The lowest BCUT2D eigenvalue weighted by molar-refractivity contribution is -0.117. The zero-order valence-electron chi connectivity index (χ0n) is 16.3. The SMILES string of the molecule is COc1ccc(NC(=O)c2c(N3CCCC3=O)c3cc(C)ccc3n2C)cc1. The third-order valence-electron chi connectivity index (χ3n) is 5.23. The Balaban J connectivity index is 1.81. The number of aromatic nitrogens is 1. The highest BCUT2D eigenvalue weighted by atomic mass is 16.5. The molecule has 1 fully saturated rings. The van der Waals surface area contributed by atoms with E-state index in [0.717, 1.165) is 28.6 Å². The highest BCUT2D eigenvalue weighted by Gasteiger charge is 2.31. The molecule has 1 saturated heterocycles. The molecule has 6 nitrogen and oxygen atoms in total. The summed E-state index contributed by atoms with van der Waals surface area (Å²) in [5, 5.41) is 3.88. The van der Waals surface area contributed by atoms with Gasteiger partial charge in [0.05, 0.1) is 18.3 Å². The van der Waals surface area contributed by atoms with Crippen LogP contribution in [0.5, 0.6) is 5.75 Å². The third-order valence-corrected chi connectivity index (χ3v) is 5.23. The van der Waals surface area contributed by atoms with Crippen molar-refractivity contribution in [2.24, 2.45) is 7.05 Å². The minimum atomic E-state index is -0.240. The van der Waals surface area contributed by atoms with Gasteiger partial charge in [0.1, 0.15) is 11.4 Å². The van der Waals surface area contributed by atoms with Gasteiger partial charge in [0, 0.05) is 31.1 Å². The van der Waals surface area contributed by atoms with Gasteiger partial charge in [-0.25, -0.2) is 0 Å². The van der Waals surface area contributed by atoms with Crippen LogP contribution < -0.4 is 15.0 Å². The Kier molecular flexibility index (Phi) is 4.55. The van der Waals surface area contributed by atoms with Crippen LogP contribution in [0.4, 0.5) is 11.4 Å². The summed E-state index contributed by atoms with van der Waals surface area (Å²) in [6, 6.07) is 13.2. The Labute approximate surface area is 163 Å². The van der Waals surface area contributed by atoms with Gasteiger partial charge in [-0.15, -0.1) is 0 Å². The van der Waals surface area contributed by atoms with Crippen LogP contribution in [0.2, 0.25) is 0 Å². The predicted molar refractivity (Wildman–Crippen MR) is 110 cm³/mol. The van der Waals surface area contributed by atoms with Crippen molar-refractivity contribution >= 4 is 34.1 Å². The average molecular weight is 377 g/mol. The number of anilines is 2. The summed E-state index contributed by atoms with van der Waals surface area (Å²) < 4.78 is 7.04. The van der Waals surface area contributed by atoms with Gasteiger partial charge in [0.25, 0.3) is 5.91 Å². The lowest BCUT2D eigenvalue weighted by Gasteiger charge is -2.18. The van der Waals surface area contributed by atoms with Gasteiger partial charge in [0.15, 0.2) is 0 Å². The van der Waals surface area contributed by atoms with Crippen LogP contribution in [-0.4, -0.2) is 30.0 Å². The van der Waals surface area contributed by atoms with Crippen molar-refractivity contribution in [3.8, 4) is 5.75 Å². The molecule has 1 aromatic heterocycles. The number of carbonyl (C=O) groups is 2. The second-order valence-corrected chi connectivity index (χ2v) is 7.11. The molecule has 0 saturated carbocycles. The van der Waals surface area contributed by atoms with Crippen molar-refractivity contribution in [2.75, 3.05) is 23.9 Å². The molecule has 3 aromatic rings. The van der Waals surface area contributed by atoms with E-state index in [4.69, 9.17) is 4.74 Å². The zero-order valence-corrected chi connectivity index (χ0v) is 16.3. The molecule has 0 bridgehead atoms. The van der Waals surface area contributed by atoms with Crippen molar-refractivity contribution in [1.82, 2.24) is 4.57 Å². The Hall–Kier alpha value is -3.28. The molecule has 2 heterocycles. The standard InChI is InChI=1S/C22H23N3O3/c1-14-6-11-18-17(13-14)20(25-12-4-5-19(25)26)21(24(18)2)22(27)23-15-7-9-16(28-3)10-8-15/h6-11,13H,4-5,12H2,1-3H3,(H,23,27). The van der Waals surface area contributed by atoms with E-state index in [-0.39, 0.29) is 11.8 Å². The maximum atomic E-state index is 13.2. The molecule has 0 radical (unpaired) electrons. The van der Waals surface area contributed by atoms with Crippen LogP contribution in [-0.2, 0) is 11.8 Å². The smallest absolute Gasteiger partial charge is 0.274 e. The minimum absolute atomic E-state index is 0.0625. The fourth-order valence-corrected chi connectivity index (χ4v) is 3.82. The average Bonchev–Trinajstić information content (AvgIpc) is 3.22. The summed E-state index contributed by atoms with van der Waals surface area (Å²) in [5.74, 6) is 0.546. The fourth-order valence-electron chi connectivity index (χ4n) is 3.82. The molecule has 4 rings (SSSR count). The van der Waals surface area contributed by atoms with E-state index in [1.54, 1.807) is 36.3 Å². The Bertz CT molecular complexity index is 1070. The van der Waals surface area contributed by atoms with Gasteiger partial charge in [-0.3, -0.25) is 9.59 Å². The molecular formula is C22H23N3O3. The normalized spacial score (nSPS) is 14.0. The number of fused-ring (bicyclic) bond motifs is 1. The number of hydrogen-bond acceptors (Lipinski definition) is 3. The highest BCUT2D eigenvalue weighted by molar-refractivity contribution is 6.17. The number of nitrogens with zero attached hydrogens (tertiary/aromatic N) is 2. The first-order chi connectivity index (χ1) is 13.5. The van der Waals surface area contributed by atoms with Crippen molar-refractivity contribution < 1.29 is 14.3 Å². The number of benzene rings is 2. The number of methoxy groups -OCH3 is 1. The van der Waals surface area contributed by atoms with Crippen LogP contribution in [0.1, 0.15) is 28.9 Å². The summed E-state index contributed by atoms with van der Waals surface area (Å²) >= 11 is 0. The van der Waals surface area contributed by atoms with Crippen LogP contribution in [0.15, 0.2) is 42.5 Å². The predicted octanol–water partition coefficient (Wildman–Crippen LogP) is 3.87. The van der Waals surface area contributed by atoms with E-state index in [2.05, 4.69) is 5.32 Å². The molecule has 0 spiro atoms. The number of nitrogens with one attached hydrogen (secondary N) is 1. The Morgan fingerprint density at radius 3 is 2.54 bits per heavy atom. The van der Waals surface area contributed by atoms with E-state index in [9.17, 15) is 9.59 Å². The number of rotatable bonds is 4. The van der Waals surface area contributed by atoms with E-state index in [0.29, 0.717) is 30.0 Å². The first-order valence-corrected chi connectivity index (χ1v) is 9.34. The summed E-state index contributed by atoms with van der Waals surface area (Å²) in [4.78, 5) is 27.5. The second kappa shape index (κ2) is 7.03. The maximum absolute atomic E-state index is 13.2. The topological polar surface area (TPSA) is 63.6 Å². The summed E-state index contributed by atoms with van der Waals surface area (Å²) in [6.07, 6.45) is 1.32. The molecule has 0 unspecified atom stereocenters. The van der Waals surface area contributed by atoms with Crippen LogP contribution in [0.25, 0.3) is 10.9 Å². The largest absolute Gasteiger partial charge is 0.497 e. The molecule has 0 aliphatic carbocycles. The summed E-state index contributed by atoms with van der Waals surface area (Å²) in [7, 11) is 3.47. The number of amides is 2. The lowest BCUT2D eigenvalue weighted by Crippen LogP contribution is -2.27. The van der Waals surface area contributed by atoms with Crippen molar-refractivity contribution in [3.05, 3.63) is 53.7 Å². The van der Waals surface area contributed by atoms with Crippen molar-refractivity contribution in [2.45, 2.75) is 19.8 Å². The van der Waals surface area contributed by atoms with Crippen molar-refractivity contribution in [3.63, 3.8) is 0 Å². The van der Waals surface area contributed by atoms with Gasteiger partial charge in [0.2, 0.25) is 5.91 Å². The molecule has 144 valence electrons. The van der Waals surface area contributed by atoms with Gasteiger partial charge in [-0.2, -0.15) is 0 Å². The molecule has 2 amide bonds. The molecular weight excluding hydrogens is 354 g/mol. The Morgan fingerprint density at radius 1 is 1.14 bits per heavy atom. The van der Waals surface area contributed by atoms with Gasteiger partial charge < -0.3 is 19.5 Å². The number of ether oxygens (including phenoxy) is 1. The molecule has 6 heteroatoms. The number of aryl methyl sites for hydroxylation is 2. The third kappa shape index (κ3) is 3.01. The van der Waals surface area contributed by atoms with Crippen LogP contribution in [0.3, 0.4) is 0 Å². The molecule has 0 atom stereocenters. The molecule has 2 aromatic carbocycles. The summed E-state index contributed by atoms with van der Waals surface area (Å²) in [6.45, 7) is 2.65. The quantitative estimate of drug-likeness (QED) is 0.751. The molecule has 1 N–H and O–H groups in total. The lowest BCUT2D eigenvalue weighted by atomic mass is 10.1. The molecule has 1 aliphatic heterocycles. The second-order valence-electron chi connectivity index (χ2n) is 7.11. The molecule has 28 heavy (non-hydrogen) atoms. The highest BCUT2D eigenvalue weighted by Crippen LogP contribution is 2.37. The van der Waals surface area contributed by atoms with E-state index >= 15 is 0 Å².